The number of ether oxygens (including phenoxy) is 1. The van der Waals surface area contributed by atoms with Gasteiger partial charge in [-0.2, -0.15) is 0 Å². The maximum Gasteiger partial charge on any atom is 0.349 e. The molecule has 0 saturated heterocycles. The second kappa shape index (κ2) is 5.09. The molecular weight excluding hydrogens is 200 g/mol. The van der Waals surface area contributed by atoms with E-state index in [1.807, 2.05) is 0 Å². The summed E-state index contributed by atoms with van der Waals surface area (Å²) in [4.78, 5) is 22.2. The van der Waals surface area contributed by atoms with Crippen LogP contribution in [0.2, 0.25) is 0 Å². The highest BCUT2D eigenvalue weighted by molar-refractivity contribution is 5.83. The number of hydrogen-bond acceptors (Lipinski definition) is 5. The van der Waals surface area contributed by atoms with Crippen LogP contribution in [0.25, 0.3) is 0 Å². The third kappa shape index (κ3) is 3.49. The molecule has 0 aliphatic heterocycles. The molecule has 0 saturated carbocycles. The van der Waals surface area contributed by atoms with E-state index >= 15 is 0 Å². The van der Waals surface area contributed by atoms with Gasteiger partial charge in [0.1, 0.15) is 6.04 Å². The van der Waals surface area contributed by atoms with Crippen LogP contribution in [-0.4, -0.2) is 35.2 Å². The predicted octanol–water partition coefficient (Wildman–Crippen LogP) is -0.685. The van der Waals surface area contributed by atoms with E-state index in [0.29, 0.717) is 0 Å². The molecule has 0 heterocycles. The summed E-state index contributed by atoms with van der Waals surface area (Å²) in [6, 6.07) is -0.838. The molecule has 0 rings (SSSR count). The fourth-order valence-electron chi connectivity index (χ4n) is 0.735. The van der Waals surface area contributed by atoms with Crippen LogP contribution >= 0.6 is 0 Å². The number of rotatable bonds is 5. The summed E-state index contributed by atoms with van der Waals surface area (Å²) >= 11 is 0. The number of esters is 1. The quantitative estimate of drug-likeness (QED) is 0.526. The van der Waals surface area contributed by atoms with Crippen LogP contribution in [0, 0.1) is 5.92 Å². The second-order valence-electron chi connectivity index (χ2n) is 3.93. The molecular formula is C9H18N2O4. The molecule has 0 fully saturated rings. The van der Waals surface area contributed by atoms with Gasteiger partial charge < -0.3 is 21.3 Å². The standard InChI is InChI=1S/C9H18N2O4/c1-5(2)6(11)7(12)15-9(3,4-10)8(13)14/h5-6H,4,10-11H2,1-3H3,(H,13,14). The van der Waals surface area contributed by atoms with Gasteiger partial charge >= 0.3 is 11.9 Å². The molecule has 0 amide bonds. The molecule has 0 bridgehead atoms. The van der Waals surface area contributed by atoms with E-state index in [1.165, 1.54) is 6.92 Å². The molecule has 6 nitrogen and oxygen atoms in total. The van der Waals surface area contributed by atoms with E-state index < -0.39 is 23.6 Å². The first kappa shape index (κ1) is 13.9. The Hall–Kier alpha value is -1.14. The zero-order valence-corrected chi connectivity index (χ0v) is 9.19. The Balaban J connectivity index is 4.57. The van der Waals surface area contributed by atoms with Crippen LogP contribution in [0.1, 0.15) is 20.8 Å². The minimum Gasteiger partial charge on any atom is -0.478 e. The first-order valence-corrected chi connectivity index (χ1v) is 4.66. The average molecular weight is 218 g/mol. The van der Waals surface area contributed by atoms with E-state index in [1.54, 1.807) is 13.8 Å². The molecule has 0 aliphatic rings. The molecule has 88 valence electrons. The monoisotopic (exact) mass is 218 g/mol. The van der Waals surface area contributed by atoms with Crippen LogP contribution in [0.4, 0.5) is 0 Å². The smallest absolute Gasteiger partial charge is 0.349 e. The Morgan fingerprint density at radius 3 is 2.20 bits per heavy atom. The Kier molecular flexibility index (Phi) is 4.70. The van der Waals surface area contributed by atoms with Gasteiger partial charge in [-0.1, -0.05) is 13.8 Å². The van der Waals surface area contributed by atoms with Crippen molar-refractivity contribution in [2.45, 2.75) is 32.4 Å². The Labute approximate surface area is 88.6 Å². The molecule has 5 N–H and O–H groups in total. The summed E-state index contributed by atoms with van der Waals surface area (Å²) < 4.78 is 4.78. The van der Waals surface area contributed by atoms with E-state index in [2.05, 4.69) is 0 Å². The summed E-state index contributed by atoms with van der Waals surface area (Å²) in [5.41, 5.74) is 9.04. The van der Waals surface area contributed by atoms with Gasteiger partial charge in [0.15, 0.2) is 0 Å². The average Bonchev–Trinajstić information content (AvgIpc) is 2.15. The third-order valence-corrected chi connectivity index (χ3v) is 2.16. The van der Waals surface area contributed by atoms with E-state index in [-0.39, 0.29) is 12.5 Å². The second-order valence-corrected chi connectivity index (χ2v) is 3.93. The first-order chi connectivity index (χ1) is 6.74. The van der Waals surface area contributed by atoms with Crippen molar-refractivity contribution in [2.75, 3.05) is 6.54 Å². The minimum absolute atomic E-state index is 0.117. The van der Waals surface area contributed by atoms with E-state index in [4.69, 9.17) is 21.3 Å². The topological polar surface area (TPSA) is 116 Å². The van der Waals surface area contributed by atoms with Crippen LogP contribution in [-0.2, 0) is 14.3 Å². The maximum atomic E-state index is 11.4. The van der Waals surface area contributed by atoms with Crippen molar-refractivity contribution in [3.63, 3.8) is 0 Å². The van der Waals surface area contributed by atoms with Gasteiger partial charge in [-0.05, 0) is 12.8 Å². The van der Waals surface area contributed by atoms with Crippen molar-refractivity contribution < 1.29 is 19.4 Å². The zero-order valence-electron chi connectivity index (χ0n) is 9.19. The summed E-state index contributed by atoms with van der Waals surface area (Å²) in [6.45, 7) is 4.43. The number of nitrogens with two attached hydrogens (primary N) is 2. The fraction of sp³-hybridized carbons (Fsp3) is 0.778. The molecule has 2 unspecified atom stereocenters. The number of carboxylic acid groups (broad SMARTS) is 1. The van der Waals surface area contributed by atoms with Gasteiger partial charge in [-0.15, -0.1) is 0 Å². The lowest BCUT2D eigenvalue weighted by Crippen LogP contribution is -2.50. The van der Waals surface area contributed by atoms with Crippen LogP contribution in [0.3, 0.4) is 0 Å². The molecule has 15 heavy (non-hydrogen) atoms. The lowest BCUT2D eigenvalue weighted by Gasteiger charge is -2.25. The molecule has 0 aliphatic carbocycles. The van der Waals surface area contributed by atoms with Crippen molar-refractivity contribution in [1.29, 1.82) is 0 Å². The fourth-order valence-corrected chi connectivity index (χ4v) is 0.735. The normalized spacial score (nSPS) is 16.9. The van der Waals surface area contributed by atoms with Crippen molar-refractivity contribution in [1.82, 2.24) is 0 Å². The van der Waals surface area contributed by atoms with Gasteiger partial charge in [0.25, 0.3) is 0 Å². The molecule has 0 aromatic carbocycles. The third-order valence-electron chi connectivity index (χ3n) is 2.16. The van der Waals surface area contributed by atoms with Crippen LogP contribution in [0.15, 0.2) is 0 Å². The van der Waals surface area contributed by atoms with Crippen LogP contribution < -0.4 is 11.5 Å². The largest absolute Gasteiger partial charge is 0.478 e. The highest BCUT2D eigenvalue weighted by Crippen LogP contribution is 2.12. The van der Waals surface area contributed by atoms with E-state index in [0.717, 1.165) is 0 Å². The maximum absolute atomic E-state index is 11.4. The van der Waals surface area contributed by atoms with Crippen molar-refractivity contribution >= 4 is 11.9 Å². The van der Waals surface area contributed by atoms with Gasteiger partial charge in [0.2, 0.25) is 5.60 Å². The number of carboxylic acids is 1. The van der Waals surface area contributed by atoms with Crippen LogP contribution in [0.5, 0.6) is 0 Å². The Bertz CT molecular complexity index is 254. The zero-order chi connectivity index (χ0) is 12.2. The number of hydrogen-bond donors (Lipinski definition) is 3. The summed E-state index contributed by atoms with van der Waals surface area (Å²) in [6.07, 6.45) is 0. The summed E-state index contributed by atoms with van der Waals surface area (Å²) in [5.74, 6) is -2.15. The first-order valence-electron chi connectivity index (χ1n) is 4.66. The van der Waals surface area contributed by atoms with Crippen molar-refractivity contribution in [3.8, 4) is 0 Å². The van der Waals surface area contributed by atoms with E-state index in [9.17, 15) is 9.59 Å². The summed E-state index contributed by atoms with van der Waals surface area (Å²) in [5, 5.41) is 8.80. The number of carbonyl (C=O) groups excluding carboxylic acids is 1. The molecule has 0 radical (unpaired) electrons. The Morgan fingerprint density at radius 2 is 1.93 bits per heavy atom. The molecule has 6 heteroatoms. The minimum atomic E-state index is -1.70. The lowest BCUT2D eigenvalue weighted by molar-refractivity contribution is -0.176. The molecule has 2 atom stereocenters. The summed E-state index contributed by atoms with van der Waals surface area (Å²) in [7, 11) is 0. The van der Waals surface area contributed by atoms with Gasteiger partial charge in [-0.25, -0.2) is 4.79 Å². The number of aliphatic carboxylic acids is 1. The Morgan fingerprint density at radius 1 is 1.47 bits per heavy atom. The van der Waals surface area contributed by atoms with Crippen molar-refractivity contribution in [2.24, 2.45) is 17.4 Å². The molecule has 0 aromatic heterocycles. The van der Waals surface area contributed by atoms with Gasteiger partial charge in [0.05, 0.1) is 0 Å². The predicted molar refractivity (Wildman–Crippen MR) is 54.0 cm³/mol. The highest BCUT2D eigenvalue weighted by Gasteiger charge is 2.37. The SMILES string of the molecule is CC(C)C(N)C(=O)OC(C)(CN)C(=O)O. The van der Waals surface area contributed by atoms with Gasteiger partial charge in [-0.3, -0.25) is 4.79 Å². The van der Waals surface area contributed by atoms with Crippen molar-refractivity contribution in [3.05, 3.63) is 0 Å². The van der Waals surface area contributed by atoms with Gasteiger partial charge in [0, 0.05) is 6.54 Å². The lowest BCUT2D eigenvalue weighted by atomic mass is 10.0. The number of carbonyl (C=O) groups is 2. The highest BCUT2D eigenvalue weighted by atomic mass is 16.6. The molecule has 0 spiro atoms. The molecule has 0 aromatic rings.